The molecule has 0 saturated carbocycles. The van der Waals surface area contributed by atoms with E-state index in [1.165, 1.54) is 49.7 Å². The van der Waals surface area contributed by atoms with Crippen molar-refractivity contribution in [2.45, 2.75) is 38.1 Å². The van der Waals surface area contributed by atoms with Crippen LogP contribution in [0.3, 0.4) is 0 Å². The smallest absolute Gasteiger partial charge is 0.0354 e. The Balaban J connectivity index is 1.86. The number of benzene rings is 1. The summed E-state index contributed by atoms with van der Waals surface area (Å²) in [6.45, 7) is 2.60. The average molecular weight is 280 g/mol. The van der Waals surface area contributed by atoms with Crippen molar-refractivity contribution in [2.75, 3.05) is 13.1 Å². The molecular weight excluding hydrogens is 262 g/mol. The van der Waals surface area contributed by atoms with Gasteiger partial charge in [-0.1, -0.05) is 28.4 Å². The number of piperidine rings is 1. The number of nitrogens with zero attached hydrogens (tertiary/aromatic N) is 1. The monoisotopic (exact) mass is 279 g/mol. The third-order valence-electron chi connectivity index (χ3n) is 3.99. The van der Waals surface area contributed by atoms with Crippen LogP contribution < -0.4 is 0 Å². The first-order chi connectivity index (χ1) is 7.84. The summed E-state index contributed by atoms with van der Waals surface area (Å²) < 4.78 is 1.23. The van der Waals surface area contributed by atoms with Crippen LogP contribution in [0.1, 0.15) is 42.9 Å². The summed E-state index contributed by atoms with van der Waals surface area (Å²) in [6.07, 6.45) is 6.80. The number of aryl methyl sites for hydroxylation is 1. The van der Waals surface area contributed by atoms with Gasteiger partial charge in [-0.2, -0.15) is 0 Å². The maximum atomic E-state index is 3.60. The van der Waals surface area contributed by atoms with E-state index in [0.29, 0.717) is 6.04 Å². The van der Waals surface area contributed by atoms with Crippen LogP contribution in [-0.4, -0.2) is 18.0 Å². The summed E-state index contributed by atoms with van der Waals surface area (Å²) in [6, 6.07) is 7.51. The van der Waals surface area contributed by atoms with Gasteiger partial charge in [-0.3, -0.25) is 4.90 Å². The van der Waals surface area contributed by atoms with E-state index >= 15 is 0 Å². The van der Waals surface area contributed by atoms with Crippen LogP contribution in [0, 0.1) is 0 Å². The first kappa shape index (κ1) is 10.8. The second-order valence-corrected chi connectivity index (χ2v) is 5.91. The zero-order chi connectivity index (χ0) is 11.0. The number of halogens is 1. The van der Waals surface area contributed by atoms with Gasteiger partial charge in [-0.15, -0.1) is 0 Å². The van der Waals surface area contributed by atoms with Crippen LogP contribution in [0.2, 0.25) is 0 Å². The van der Waals surface area contributed by atoms with Gasteiger partial charge in [0.15, 0.2) is 0 Å². The molecule has 1 heterocycles. The number of likely N-dealkylation sites (tertiary alicyclic amines) is 1. The highest BCUT2D eigenvalue weighted by atomic mass is 79.9. The molecule has 1 nitrogen and oxygen atoms in total. The Kier molecular flexibility index (Phi) is 3.03. The van der Waals surface area contributed by atoms with E-state index in [0.717, 1.165) is 0 Å². The number of hydrogen-bond acceptors (Lipinski definition) is 1. The Bertz CT molecular complexity index is 382. The van der Waals surface area contributed by atoms with Crippen molar-refractivity contribution in [1.29, 1.82) is 0 Å². The largest absolute Gasteiger partial charge is 0.296 e. The molecule has 2 aliphatic rings. The van der Waals surface area contributed by atoms with Crippen molar-refractivity contribution >= 4 is 15.9 Å². The predicted octanol–water partition coefficient (Wildman–Crippen LogP) is 3.92. The Hall–Kier alpha value is -0.340. The van der Waals surface area contributed by atoms with Crippen LogP contribution in [0.5, 0.6) is 0 Å². The molecule has 0 amide bonds. The van der Waals surface area contributed by atoms with Gasteiger partial charge >= 0.3 is 0 Å². The minimum Gasteiger partial charge on any atom is -0.296 e. The van der Waals surface area contributed by atoms with Crippen LogP contribution in [0.25, 0.3) is 0 Å². The third kappa shape index (κ3) is 1.93. The fourth-order valence-corrected chi connectivity index (χ4v) is 3.54. The fourth-order valence-electron chi connectivity index (χ4n) is 3.16. The van der Waals surface area contributed by atoms with Gasteiger partial charge < -0.3 is 0 Å². The first-order valence-corrected chi connectivity index (χ1v) is 7.16. The lowest BCUT2D eigenvalue weighted by Gasteiger charge is -2.32. The lowest BCUT2D eigenvalue weighted by molar-refractivity contribution is 0.163. The molecule has 1 atom stereocenters. The Labute approximate surface area is 106 Å². The van der Waals surface area contributed by atoms with E-state index in [-0.39, 0.29) is 0 Å². The molecule has 0 aromatic heterocycles. The Morgan fingerprint density at radius 3 is 2.75 bits per heavy atom. The molecule has 0 radical (unpaired) electrons. The maximum absolute atomic E-state index is 3.60. The van der Waals surface area contributed by atoms with E-state index in [4.69, 9.17) is 0 Å². The molecule has 16 heavy (non-hydrogen) atoms. The summed E-state index contributed by atoms with van der Waals surface area (Å²) in [5.74, 6) is 0. The highest BCUT2D eigenvalue weighted by molar-refractivity contribution is 9.10. The summed E-state index contributed by atoms with van der Waals surface area (Å²) >= 11 is 3.60. The molecule has 1 aliphatic heterocycles. The second kappa shape index (κ2) is 4.50. The van der Waals surface area contributed by atoms with Gasteiger partial charge in [0.05, 0.1) is 0 Å². The molecule has 3 rings (SSSR count). The van der Waals surface area contributed by atoms with Gasteiger partial charge in [-0.25, -0.2) is 0 Å². The van der Waals surface area contributed by atoms with Gasteiger partial charge in [0.25, 0.3) is 0 Å². The van der Waals surface area contributed by atoms with Crippen LogP contribution in [-0.2, 0) is 6.42 Å². The Morgan fingerprint density at radius 2 is 1.94 bits per heavy atom. The van der Waals surface area contributed by atoms with Crippen molar-refractivity contribution in [2.24, 2.45) is 0 Å². The number of rotatable bonds is 1. The fraction of sp³-hybridized carbons (Fsp3) is 0.571. The molecule has 1 aliphatic carbocycles. The predicted molar refractivity (Wildman–Crippen MR) is 70.6 cm³/mol. The molecule has 1 unspecified atom stereocenters. The standard InChI is InChI=1S/C14H18BrN/c15-12-6-4-11-5-7-14(13(11)10-12)16-8-2-1-3-9-16/h4,6,10,14H,1-3,5,7-9H2. The van der Waals surface area contributed by atoms with Crippen LogP contribution >= 0.6 is 15.9 Å². The molecule has 0 N–H and O–H groups in total. The zero-order valence-electron chi connectivity index (χ0n) is 9.58. The molecule has 2 heteroatoms. The van der Waals surface area contributed by atoms with Gasteiger partial charge in [0.2, 0.25) is 0 Å². The molecule has 1 fully saturated rings. The SMILES string of the molecule is Brc1ccc2c(c1)C(N1CCCCC1)CC2. The molecule has 0 bridgehead atoms. The highest BCUT2D eigenvalue weighted by Crippen LogP contribution is 2.38. The molecular formula is C14H18BrN. The normalized spacial score (nSPS) is 25.7. The summed E-state index contributed by atoms with van der Waals surface area (Å²) in [7, 11) is 0. The Morgan fingerprint density at radius 1 is 1.12 bits per heavy atom. The minimum atomic E-state index is 0.702. The van der Waals surface area contributed by atoms with Crippen LogP contribution in [0.15, 0.2) is 22.7 Å². The first-order valence-electron chi connectivity index (χ1n) is 6.37. The molecule has 86 valence electrons. The van der Waals surface area contributed by atoms with Crippen molar-refractivity contribution in [3.8, 4) is 0 Å². The summed E-state index contributed by atoms with van der Waals surface area (Å²) in [4.78, 5) is 2.70. The lowest BCUT2D eigenvalue weighted by atomic mass is 10.0. The molecule has 1 aromatic carbocycles. The molecule has 1 aromatic rings. The van der Waals surface area contributed by atoms with E-state index in [9.17, 15) is 0 Å². The van der Waals surface area contributed by atoms with E-state index in [1.54, 1.807) is 11.1 Å². The van der Waals surface area contributed by atoms with E-state index in [1.807, 2.05) is 0 Å². The summed E-state index contributed by atoms with van der Waals surface area (Å²) in [5, 5.41) is 0. The van der Waals surface area contributed by atoms with Crippen LogP contribution in [0.4, 0.5) is 0 Å². The minimum absolute atomic E-state index is 0.702. The van der Waals surface area contributed by atoms with E-state index in [2.05, 4.69) is 39.0 Å². The maximum Gasteiger partial charge on any atom is 0.0354 e. The van der Waals surface area contributed by atoms with E-state index < -0.39 is 0 Å². The highest BCUT2D eigenvalue weighted by Gasteiger charge is 2.28. The van der Waals surface area contributed by atoms with Crippen molar-refractivity contribution in [3.05, 3.63) is 33.8 Å². The zero-order valence-corrected chi connectivity index (χ0v) is 11.2. The second-order valence-electron chi connectivity index (χ2n) is 4.99. The third-order valence-corrected chi connectivity index (χ3v) is 4.48. The topological polar surface area (TPSA) is 3.24 Å². The van der Waals surface area contributed by atoms with Crippen molar-refractivity contribution in [3.63, 3.8) is 0 Å². The van der Waals surface area contributed by atoms with Crippen molar-refractivity contribution < 1.29 is 0 Å². The molecule has 1 saturated heterocycles. The number of fused-ring (bicyclic) bond motifs is 1. The van der Waals surface area contributed by atoms with Gasteiger partial charge in [0.1, 0.15) is 0 Å². The quantitative estimate of drug-likeness (QED) is 0.753. The van der Waals surface area contributed by atoms with Gasteiger partial charge in [0, 0.05) is 10.5 Å². The van der Waals surface area contributed by atoms with Gasteiger partial charge in [-0.05, 0) is 62.0 Å². The van der Waals surface area contributed by atoms with Crippen molar-refractivity contribution in [1.82, 2.24) is 4.90 Å². The lowest BCUT2D eigenvalue weighted by Crippen LogP contribution is -2.32. The summed E-state index contributed by atoms with van der Waals surface area (Å²) in [5.41, 5.74) is 3.15. The number of hydrogen-bond donors (Lipinski definition) is 0. The average Bonchev–Trinajstić information content (AvgIpc) is 2.73. The molecule has 0 spiro atoms.